The topological polar surface area (TPSA) is 79.2 Å². The third-order valence-electron chi connectivity index (χ3n) is 5.25. The van der Waals surface area contributed by atoms with Crippen molar-refractivity contribution in [2.24, 2.45) is 12.1 Å². The Hall–Kier alpha value is -3.13. The van der Waals surface area contributed by atoms with Crippen molar-refractivity contribution in [2.75, 3.05) is 26.8 Å². The van der Waals surface area contributed by atoms with Gasteiger partial charge in [-0.2, -0.15) is 5.10 Å². The van der Waals surface area contributed by atoms with Gasteiger partial charge in [0.2, 0.25) is 0 Å². The third-order valence-corrected chi connectivity index (χ3v) is 5.25. The van der Waals surface area contributed by atoms with Gasteiger partial charge in [0.15, 0.2) is 0 Å². The molecule has 32 heavy (non-hydrogen) atoms. The molecule has 1 aliphatic heterocycles. The van der Waals surface area contributed by atoms with E-state index in [1.54, 1.807) is 7.11 Å². The number of benzene rings is 1. The monoisotopic (exact) mass is 439 g/mol. The molecule has 0 aliphatic carbocycles. The molecule has 1 atom stereocenters. The van der Waals surface area contributed by atoms with Gasteiger partial charge in [-0.1, -0.05) is 30.3 Å². The number of carbonyl (C=O) groups excluding carboxylic acids is 2. The van der Waals surface area contributed by atoms with Gasteiger partial charge in [0, 0.05) is 38.9 Å². The molecule has 0 radical (unpaired) electrons. The summed E-state index contributed by atoms with van der Waals surface area (Å²) < 4.78 is 7.15. The maximum Gasteiger partial charge on any atom is 0.318 e. The molecule has 2 aromatic rings. The predicted octanol–water partition coefficient (Wildman–Crippen LogP) is 3.16. The maximum absolute atomic E-state index is 13.4. The molecule has 1 N–H and O–H groups in total. The van der Waals surface area contributed by atoms with Crippen LogP contribution < -0.4 is 5.32 Å². The Labute approximate surface area is 189 Å². The highest BCUT2D eigenvalue weighted by Crippen LogP contribution is 2.32. The van der Waals surface area contributed by atoms with Gasteiger partial charge >= 0.3 is 6.03 Å². The minimum Gasteiger partial charge on any atom is -0.383 e. The van der Waals surface area contributed by atoms with Gasteiger partial charge < -0.3 is 19.5 Å². The zero-order valence-electron chi connectivity index (χ0n) is 19.5. The fraction of sp³-hybridized carbons (Fsp3) is 0.458. The molecule has 0 saturated heterocycles. The van der Waals surface area contributed by atoms with Crippen LogP contribution in [0, 0.1) is 0 Å². The van der Waals surface area contributed by atoms with E-state index in [0.29, 0.717) is 19.6 Å². The minimum atomic E-state index is -0.413. The summed E-state index contributed by atoms with van der Waals surface area (Å²) >= 11 is 0. The quantitative estimate of drug-likeness (QED) is 0.720. The number of hydrazone groups is 1. The summed E-state index contributed by atoms with van der Waals surface area (Å²) in [5.41, 5.74) is 2.42. The number of aromatic nitrogens is 1. The highest BCUT2D eigenvalue weighted by Gasteiger charge is 2.35. The Morgan fingerprint density at radius 1 is 1.19 bits per heavy atom. The van der Waals surface area contributed by atoms with Crippen LogP contribution in [0.15, 0.2) is 53.8 Å². The summed E-state index contributed by atoms with van der Waals surface area (Å²) in [4.78, 5) is 27.7. The molecule has 1 unspecified atom stereocenters. The van der Waals surface area contributed by atoms with E-state index in [9.17, 15) is 9.59 Å². The Morgan fingerprint density at radius 2 is 1.91 bits per heavy atom. The average molecular weight is 440 g/mol. The average Bonchev–Trinajstić information content (AvgIpc) is 3.36. The second-order valence-electron chi connectivity index (χ2n) is 9.01. The summed E-state index contributed by atoms with van der Waals surface area (Å²) in [7, 11) is 3.53. The van der Waals surface area contributed by atoms with E-state index >= 15 is 0 Å². The predicted molar refractivity (Wildman–Crippen MR) is 124 cm³/mol. The van der Waals surface area contributed by atoms with Crippen LogP contribution in [0.2, 0.25) is 0 Å². The van der Waals surface area contributed by atoms with Crippen LogP contribution in [0.4, 0.5) is 4.79 Å². The van der Waals surface area contributed by atoms with Gasteiger partial charge in [-0.15, -0.1) is 0 Å². The zero-order chi connectivity index (χ0) is 23.3. The van der Waals surface area contributed by atoms with Crippen LogP contribution in [0.5, 0.6) is 0 Å². The van der Waals surface area contributed by atoms with Crippen molar-refractivity contribution in [2.45, 2.75) is 38.8 Å². The molecule has 2 heterocycles. The normalized spacial score (nSPS) is 16.1. The lowest BCUT2D eigenvalue weighted by Gasteiger charge is -2.30. The van der Waals surface area contributed by atoms with Gasteiger partial charge in [0.25, 0.3) is 5.91 Å². The van der Waals surface area contributed by atoms with E-state index in [-0.39, 0.29) is 24.5 Å². The summed E-state index contributed by atoms with van der Waals surface area (Å²) in [6.07, 6.45) is 2.57. The fourth-order valence-electron chi connectivity index (χ4n) is 3.68. The third kappa shape index (κ3) is 5.76. The molecule has 1 aromatic carbocycles. The molecule has 0 saturated carbocycles. The SMILES string of the molecule is COCCN(CC(=O)N1N=C(c2cccn2C)CC1c1ccccc1)C(=O)NC(C)(C)C. The number of hydrogen-bond donors (Lipinski definition) is 1. The van der Waals surface area contributed by atoms with Crippen molar-refractivity contribution >= 4 is 17.6 Å². The van der Waals surface area contributed by atoms with E-state index in [2.05, 4.69) is 5.32 Å². The fourth-order valence-corrected chi connectivity index (χ4v) is 3.68. The second-order valence-corrected chi connectivity index (χ2v) is 9.01. The molecule has 1 aliphatic rings. The zero-order valence-corrected chi connectivity index (χ0v) is 19.5. The van der Waals surface area contributed by atoms with E-state index in [4.69, 9.17) is 9.84 Å². The molecule has 0 bridgehead atoms. The molecule has 0 spiro atoms. The van der Waals surface area contributed by atoms with Gasteiger partial charge in [0.05, 0.1) is 24.1 Å². The molecule has 172 valence electrons. The van der Waals surface area contributed by atoms with Crippen LogP contribution >= 0.6 is 0 Å². The second kappa shape index (κ2) is 9.99. The molecule has 3 amide bonds. The molecule has 8 nitrogen and oxygen atoms in total. The lowest BCUT2D eigenvalue weighted by molar-refractivity contribution is -0.133. The molecular weight excluding hydrogens is 406 g/mol. The van der Waals surface area contributed by atoms with Crippen LogP contribution in [0.25, 0.3) is 0 Å². The number of nitrogens with zero attached hydrogens (tertiary/aromatic N) is 4. The van der Waals surface area contributed by atoms with Crippen molar-refractivity contribution in [3.8, 4) is 0 Å². The Kier molecular flexibility index (Phi) is 7.35. The van der Waals surface area contributed by atoms with Crippen LogP contribution in [-0.2, 0) is 16.6 Å². The first-order chi connectivity index (χ1) is 15.2. The minimum absolute atomic E-state index is 0.0848. The summed E-state index contributed by atoms with van der Waals surface area (Å²) in [5, 5.41) is 9.16. The first kappa shape index (κ1) is 23.5. The number of rotatable bonds is 7. The van der Waals surface area contributed by atoms with Crippen molar-refractivity contribution in [3.05, 3.63) is 59.9 Å². The van der Waals surface area contributed by atoms with Crippen molar-refractivity contribution in [3.63, 3.8) is 0 Å². The number of nitrogens with one attached hydrogen (secondary N) is 1. The standard InChI is InChI=1S/C24H33N5O3/c1-24(2,3)25-23(31)28(14-15-32-5)17-22(30)29-21(18-10-7-6-8-11-18)16-19(26-29)20-12-9-13-27(20)4/h6-13,21H,14-17H2,1-5H3,(H,25,31). The molecule has 1 aromatic heterocycles. The number of amides is 3. The number of methoxy groups -OCH3 is 1. The number of urea groups is 1. The maximum atomic E-state index is 13.4. The largest absolute Gasteiger partial charge is 0.383 e. The molecule has 8 heteroatoms. The van der Waals surface area contributed by atoms with E-state index in [1.807, 2.05) is 81.0 Å². The molecular formula is C24H33N5O3. The number of carbonyl (C=O) groups is 2. The Balaban J connectivity index is 1.86. The van der Waals surface area contributed by atoms with Gasteiger partial charge in [-0.25, -0.2) is 9.80 Å². The summed E-state index contributed by atoms with van der Waals surface area (Å²) in [6.45, 7) is 6.28. The summed E-state index contributed by atoms with van der Waals surface area (Å²) in [6, 6.07) is 13.3. The van der Waals surface area contributed by atoms with E-state index in [1.165, 1.54) is 9.91 Å². The smallest absolute Gasteiger partial charge is 0.318 e. The Morgan fingerprint density at radius 3 is 2.50 bits per heavy atom. The summed E-state index contributed by atoms with van der Waals surface area (Å²) in [5.74, 6) is -0.233. The van der Waals surface area contributed by atoms with E-state index in [0.717, 1.165) is 17.0 Å². The van der Waals surface area contributed by atoms with Gasteiger partial charge in [-0.3, -0.25) is 4.79 Å². The molecule has 3 rings (SSSR count). The highest BCUT2D eigenvalue weighted by molar-refractivity contribution is 6.02. The van der Waals surface area contributed by atoms with Crippen LogP contribution in [0.1, 0.15) is 44.5 Å². The van der Waals surface area contributed by atoms with Gasteiger partial charge in [0.1, 0.15) is 6.54 Å². The van der Waals surface area contributed by atoms with E-state index < -0.39 is 5.54 Å². The lowest BCUT2D eigenvalue weighted by atomic mass is 10.0. The number of hydrogen-bond acceptors (Lipinski definition) is 4. The highest BCUT2D eigenvalue weighted by atomic mass is 16.5. The Bertz CT molecular complexity index is 962. The number of aryl methyl sites for hydroxylation is 1. The van der Waals surface area contributed by atoms with Crippen molar-refractivity contribution in [1.29, 1.82) is 0 Å². The first-order valence-corrected chi connectivity index (χ1v) is 10.8. The molecule has 0 fully saturated rings. The van der Waals surface area contributed by atoms with Crippen LogP contribution in [0.3, 0.4) is 0 Å². The van der Waals surface area contributed by atoms with Crippen molar-refractivity contribution in [1.82, 2.24) is 19.8 Å². The van der Waals surface area contributed by atoms with Gasteiger partial charge in [-0.05, 0) is 38.5 Å². The lowest BCUT2D eigenvalue weighted by Crippen LogP contribution is -2.52. The van der Waals surface area contributed by atoms with Crippen molar-refractivity contribution < 1.29 is 14.3 Å². The number of ether oxygens (including phenoxy) is 1. The first-order valence-electron chi connectivity index (χ1n) is 10.8. The van der Waals surface area contributed by atoms with Crippen LogP contribution in [-0.4, -0.2) is 64.5 Å².